The lowest BCUT2D eigenvalue weighted by Crippen LogP contribution is -2.00. The molecule has 1 aromatic heterocycles. The molecule has 1 unspecified atom stereocenters. The summed E-state index contributed by atoms with van der Waals surface area (Å²) in [6, 6.07) is 11.7. The minimum absolute atomic E-state index is 0.182. The SMILES string of the molecule is N#CC(Cc1cncc(Br)c1)c1ccc(Cl)cc1. The van der Waals surface area contributed by atoms with Crippen LogP contribution >= 0.6 is 27.5 Å². The van der Waals surface area contributed by atoms with Crippen molar-refractivity contribution in [2.45, 2.75) is 12.3 Å². The van der Waals surface area contributed by atoms with E-state index < -0.39 is 0 Å². The monoisotopic (exact) mass is 320 g/mol. The van der Waals surface area contributed by atoms with Gasteiger partial charge in [-0.3, -0.25) is 4.98 Å². The van der Waals surface area contributed by atoms with Crippen molar-refractivity contribution >= 4 is 27.5 Å². The fraction of sp³-hybridized carbons (Fsp3) is 0.143. The van der Waals surface area contributed by atoms with E-state index in [9.17, 15) is 5.26 Å². The Bertz CT molecular complexity index is 575. The number of halogens is 2. The van der Waals surface area contributed by atoms with Gasteiger partial charge in [-0.25, -0.2) is 0 Å². The van der Waals surface area contributed by atoms with Crippen LogP contribution in [0.5, 0.6) is 0 Å². The lowest BCUT2D eigenvalue weighted by atomic mass is 9.94. The van der Waals surface area contributed by atoms with E-state index in [1.807, 2.05) is 18.2 Å². The van der Waals surface area contributed by atoms with E-state index >= 15 is 0 Å². The molecule has 2 rings (SSSR count). The molecule has 0 spiro atoms. The minimum atomic E-state index is -0.182. The summed E-state index contributed by atoms with van der Waals surface area (Å²) in [7, 11) is 0. The molecule has 0 fully saturated rings. The van der Waals surface area contributed by atoms with E-state index in [0.717, 1.165) is 15.6 Å². The van der Waals surface area contributed by atoms with Crippen LogP contribution in [0.3, 0.4) is 0 Å². The van der Waals surface area contributed by atoms with Gasteiger partial charge in [0.25, 0.3) is 0 Å². The third kappa shape index (κ3) is 3.32. The van der Waals surface area contributed by atoms with Crippen LogP contribution in [0.15, 0.2) is 47.2 Å². The average Bonchev–Trinajstić information content (AvgIpc) is 2.37. The fourth-order valence-corrected chi connectivity index (χ4v) is 2.27. The predicted molar refractivity (Wildman–Crippen MR) is 75.4 cm³/mol. The highest BCUT2D eigenvalue weighted by Gasteiger charge is 2.11. The van der Waals surface area contributed by atoms with E-state index in [1.54, 1.807) is 24.5 Å². The molecule has 2 aromatic rings. The van der Waals surface area contributed by atoms with Crippen molar-refractivity contribution < 1.29 is 0 Å². The molecule has 1 aromatic carbocycles. The number of benzene rings is 1. The Labute approximate surface area is 119 Å². The summed E-state index contributed by atoms with van der Waals surface area (Å²) >= 11 is 9.22. The van der Waals surface area contributed by atoms with Crippen molar-refractivity contribution in [2.75, 3.05) is 0 Å². The number of pyridine rings is 1. The first-order valence-corrected chi connectivity index (χ1v) is 6.60. The van der Waals surface area contributed by atoms with Gasteiger partial charge < -0.3 is 0 Å². The molecule has 0 aliphatic rings. The summed E-state index contributed by atoms with van der Waals surface area (Å²) < 4.78 is 0.924. The number of nitrogens with zero attached hydrogens (tertiary/aromatic N) is 2. The normalized spacial score (nSPS) is 11.8. The summed E-state index contributed by atoms with van der Waals surface area (Å²) in [4.78, 5) is 4.10. The molecular weight excluding hydrogens is 312 g/mol. The Hall–Kier alpha value is -1.37. The molecule has 0 aliphatic carbocycles. The average molecular weight is 322 g/mol. The molecule has 18 heavy (non-hydrogen) atoms. The Morgan fingerprint density at radius 1 is 1.28 bits per heavy atom. The number of rotatable bonds is 3. The predicted octanol–water partition coefficient (Wildman–Crippen LogP) is 4.35. The van der Waals surface area contributed by atoms with Gasteiger partial charge in [0.15, 0.2) is 0 Å². The van der Waals surface area contributed by atoms with Gasteiger partial charge in [0.1, 0.15) is 0 Å². The minimum Gasteiger partial charge on any atom is -0.263 e. The molecule has 0 aliphatic heterocycles. The van der Waals surface area contributed by atoms with Crippen LogP contribution in [0.2, 0.25) is 5.02 Å². The maximum absolute atomic E-state index is 9.26. The van der Waals surface area contributed by atoms with E-state index in [2.05, 4.69) is 27.0 Å². The van der Waals surface area contributed by atoms with Crippen molar-refractivity contribution in [1.29, 1.82) is 5.26 Å². The van der Waals surface area contributed by atoms with E-state index in [0.29, 0.717) is 11.4 Å². The summed E-state index contributed by atoms with van der Waals surface area (Å²) in [6.07, 6.45) is 4.16. The van der Waals surface area contributed by atoms with Gasteiger partial charge in [-0.05, 0) is 51.7 Å². The van der Waals surface area contributed by atoms with Crippen LogP contribution in [0.25, 0.3) is 0 Å². The van der Waals surface area contributed by atoms with Crippen LogP contribution in [0.1, 0.15) is 17.0 Å². The summed E-state index contributed by atoms with van der Waals surface area (Å²) in [5, 5.41) is 9.94. The topological polar surface area (TPSA) is 36.7 Å². The highest BCUT2D eigenvalue weighted by Crippen LogP contribution is 2.22. The molecule has 90 valence electrons. The first-order valence-electron chi connectivity index (χ1n) is 5.43. The van der Waals surface area contributed by atoms with Crippen molar-refractivity contribution in [3.63, 3.8) is 0 Å². The van der Waals surface area contributed by atoms with Crippen molar-refractivity contribution in [3.8, 4) is 6.07 Å². The van der Waals surface area contributed by atoms with Crippen LogP contribution in [-0.4, -0.2) is 4.98 Å². The van der Waals surface area contributed by atoms with E-state index in [1.165, 1.54) is 0 Å². The molecule has 0 saturated carbocycles. The first kappa shape index (κ1) is 13.1. The van der Waals surface area contributed by atoms with E-state index in [4.69, 9.17) is 11.6 Å². The Morgan fingerprint density at radius 3 is 2.61 bits per heavy atom. The molecule has 0 amide bonds. The zero-order valence-corrected chi connectivity index (χ0v) is 11.8. The Balaban J connectivity index is 2.20. The van der Waals surface area contributed by atoms with Crippen LogP contribution in [-0.2, 0) is 6.42 Å². The van der Waals surface area contributed by atoms with Gasteiger partial charge >= 0.3 is 0 Å². The van der Waals surface area contributed by atoms with Gasteiger partial charge in [-0.1, -0.05) is 23.7 Å². The second kappa shape index (κ2) is 5.99. The lowest BCUT2D eigenvalue weighted by Gasteiger charge is -2.09. The van der Waals surface area contributed by atoms with Crippen molar-refractivity contribution in [2.24, 2.45) is 0 Å². The quantitative estimate of drug-likeness (QED) is 0.843. The maximum atomic E-state index is 9.26. The number of hydrogen-bond donors (Lipinski definition) is 0. The van der Waals surface area contributed by atoms with Crippen molar-refractivity contribution in [1.82, 2.24) is 4.98 Å². The van der Waals surface area contributed by atoms with Gasteiger partial charge in [-0.2, -0.15) is 5.26 Å². The highest BCUT2D eigenvalue weighted by atomic mass is 79.9. The zero-order chi connectivity index (χ0) is 13.0. The molecular formula is C14H10BrClN2. The Morgan fingerprint density at radius 2 is 2.00 bits per heavy atom. The second-order valence-corrected chi connectivity index (χ2v) is 5.30. The molecule has 0 radical (unpaired) electrons. The van der Waals surface area contributed by atoms with Crippen LogP contribution in [0.4, 0.5) is 0 Å². The molecule has 0 bridgehead atoms. The van der Waals surface area contributed by atoms with E-state index in [-0.39, 0.29) is 5.92 Å². The third-order valence-electron chi connectivity index (χ3n) is 2.63. The number of aromatic nitrogens is 1. The molecule has 1 atom stereocenters. The summed E-state index contributed by atoms with van der Waals surface area (Å²) in [6.45, 7) is 0. The number of hydrogen-bond acceptors (Lipinski definition) is 2. The molecule has 0 N–H and O–H groups in total. The molecule has 2 nitrogen and oxygen atoms in total. The fourth-order valence-electron chi connectivity index (χ4n) is 1.74. The van der Waals surface area contributed by atoms with Gasteiger partial charge in [0, 0.05) is 21.9 Å². The van der Waals surface area contributed by atoms with Gasteiger partial charge in [0.2, 0.25) is 0 Å². The number of nitriles is 1. The molecule has 0 saturated heterocycles. The van der Waals surface area contributed by atoms with Crippen LogP contribution in [0, 0.1) is 11.3 Å². The maximum Gasteiger partial charge on any atom is 0.0753 e. The second-order valence-electron chi connectivity index (χ2n) is 3.95. The van der Waals surface area contributed by atoms with Gasteiger partial charge in [-0.15, -0.1) is 0 Å². The lowest BCUT2D eigenvalue weighted by molar-refractivity contribution is 0.843. The summed E-state index contributed by atoms with van der Waals surface area (Å²) in [5.74, 6) is -0.182. The molecule has 1 heterocycles. The largest absolute Gasteiger partial charge is 0.263 e. The smallest absolute Gasteiger partial charge is 0.0753 e. The van der Waals surface area contributed by atoms with Crippen LogP contribution < -0.4 is 0 Å². The first-order chi connectivity index (χ1) is 8.69. The standard InChI is InChI=1S/C14H10BrClN2/c15-13-6-10(8-18-9-13)5-12(7-17)11-1-3-14(16)4-2-11/h1-4,6,8-9,12H,5H2. The zero-order valence-electron chi connectivity index (χ0n) is 9.48. The highest BCUT2D eigenvalue weighted by molar-refractivity contribution is 9.10. The molecule has 4 heteroatoms. The Kier molecular flexibility index (Phi) is 4.35. The third-order valence-corrected chi connectivity index (χ3v) is 3.32. The summed E-state index contributed by atoms with van der Waals surface area (Å²) in [5.41, 5.74) is 2.01. The van der Waals surface area contributed by atoms with Crippen molar-refractivity contribution in [3.05, 3.63) is 63.3 Å². The van der Waals surface area contributed by atoms with Gasteiger partial charge in [0.05, 0.1) is 12.0 Å².